The molecule has 11 nitrogen and oxygen atoms in total. The van der Waals surface area contributed by atoms with Gasteiger partial charge in [0, 0.05) is 39.4 Å². The van der Waals surface area contributed by atoms with Crippen molar-refractivity contribution in [3.8, 4) is 6.07 Å². The summed E-state index contributed by atoms with van der Waals surface area (Å²) in [6.07, 6.45) is 2.04. The van der Waals surface area contributed by atoms with Gasteiger partial charge in [0.2, 0.25) is 0 Å². The number of aromatic amines is 1. The van der Waals surface area contributed by atoms with Gasteiger partial charge >= 0.3 is 7.82 Å². The minimum Gasteiger partial charge on any atom is -0.382 e. The van der Waals surface area contributed by atoms with E-state index < -0.39 is 47.8 Å². The van der Waals surface area contributed by atoms with Crippen molar-refractivity contribution in [3.63, 3.8) is 0 Å². The predicted molar refractivity (Wildman–Crippen MR) is 206 cm³/mol. The van der Waals surface area contributed by atoms with Gasteiger partial charge in [0.05, 0.1) is 44.2 Å². The molecule has 1 spiro atoms. The number of aromatic nitrogens is 1. The first-order valence-corrected chi connectivity index (χ1v) is 20.9. The Labute approximate surface area is 326 Å². The van der Waals surface area contributed by atoms with Crippen LogP contribution in [0.4, 0.5) is 0 Å². The maximum Gasteiger partial charge on any atom is 0.475 e. The number of nitrogens with zero attached hydrogens (tertiary/aromatic N) is 1. The van der Waals surface area contributed by atoms with E-state index in [1.54, 1.807) is 6.08 Å². The predicted octanol–water partition coefficient (Wildman–Crippen LogP) is 7.75. The van der Waals surface area contributed by atoms with Crippen molar-refractivity contribution < 1.29 is 42.2 Å². The zero-order valence-corrected chi connectivity index (χ0v) is 33.0. The van der Waals surface area contributed by atoms with Gasteiger partial charge in [-0.1, -0.05) is 74.5 Å². The summed E-state index contributed by atoms with van der Waals surface area (Å²) in [6.45, 7) is 7.84. The number of rotatable bonds is 11. The van der Waals surface area contributed by atoms with Crippen molar-refractivity contribution in [2.75, 3.05) is 13.2 Å². The van der Waals surface area contributed by atoms with Crippen molar-refractivity contribution in [1.82, 2.24) is 4.98 Å². The number of ketones is 1. The van der Waals surface area contributed by atoms with E-state index in [0.29, 0.717) is 36.8 Å². The van der Waals surface area contributed by atoms with Crippen LogP contribution in [0, 0.1) is 22.7 Å². The average Bonchev–Trinajstić information content (AvgIpc) is 3.79. The van der Waals surface area contributed by atoms with E-state index in [1.165, 1.54) is 0 Å². The number of aliphatic hydroxyl groups is 1. The van der Waals surface area contributed by atoms with E-state index >= 15 is 0 Å². The Bertz CT molecular complexity index is 2270. The highest BCUT2D eigenvalue weighted by Crippen LogP contribution is 2.72. The van der Waals surface area contributed by atoms with E-state index in [1.807, 2.05) is 92.7 Å². The molecule has 3 aliphatic carbocycles. The van der Waals surface area contributed by atoms with Crippen molar-refractivity contribution in [2.45, 2.75) is 101 Å². The fourth-order valence-electron chi connectivity index (χ4n) is 10.6. The Kier molecular flexibility index (Phi) is 8.94. The molecule has 9 rings (SSSR count). The number of hydrogen-bond acceptors (Lipinski definition) is 10. The fourth-order valence-corrected chi connectivity index (χ4v) is 11.7. The Balaban J connectivity index is 1.03. The van der Waals surface area contributed by atoms with E-state index in [0.717, 1.165) is 33.3 Å². The summed E-state index contributed by atoms with van der Waals surface area (Å²) in [7, 11) is -4.09. The van der Waals surface area contributed by atoms with Gasteiger partial charge in [-0.05, 0) is 80.0 Å². The molecule has 56 heavy (non-hydrogen) atoms. The second kappa shape index (κ2) is 13.3. The van der Waals surface area contributed by atoms with Crippen LogP contribution in [-0.4, -0.2) is 58.3 Å². The number of ether oxygens (including phenoxy) is 3. The lowest BCUT2D eigenvalue weighted by atomic mass is 9.41. The minimum atomic E-state index is -4.09. The van der Waals surface area contributed by atoms with E-state index in [2.05, 4.69) is 24.9 Å². The molecule has 3 fully saturated rings. The molecule has 3 aromatic carbocycles. The van der Waals surface area contributed by atoms with Crippen molar-refractivity contribution >= 4 is 24.5 Å². The number of fused-ring (bicyclic) bond motifs is 9. The number of H-pyrrole nitrogens is 1. The molecule has 5 aliphatic rings. The number of nitriles is 1. The summed E-state index contributed by atoms with van der Waals surface area (Å²) in [5, 5.41) is 24.4. The summed E-state index contributed by atoms with van der Waals surface area (Å²) in [4.78, 5) is 17.5. The number of phosphoric ester groups is 1. The normalized spacial score (nSPS) is 32.6. The molecule has 0 radical (unpaired) electrons. The topological polar surface area (TPSA) is 149 Å². The highest BCUT2D eigenvalue weighted by atomic mass is 31.2. The molecule has 2 saturated carbocycles. The number of hydrogen-bond donors (Lipinski definition) is 2. The van der Waals surface area contributed by atoms with Crippen LogP contribution in [0.1, 0.15) is 74.9 Å². The first kappa shape index (κ1) is 37.6. The molecule has 2 N–H and O–H groups in total. The first-order valence-electron chi connectivity index (χ1n) is 19.4. The monoisotopic (exact) mass is 778 g/mol. The molecule has 1 aromatic heterocycles. The maximum absolute atomic E-state index is 14.1. The van der Waals surface area contributed by atoms with Gasteiger partial charge in [-0.15, -0.1) is 0 Å². The van der Waals surface area contributed by atoms with Gasteiger partial charge in [-0.25, -0.2) is 4.57 Å². The largest absolute Gasteiger partial charge is 0.475 e. The fraction of sp³-hybridized carbons (Fsp3) is 0.455. The molecular formula is C44H47N2O9P. The average molecular weight is 779 g/mol. The van der Waals surface area contributed by atoms with Gasteiger partial charge in [-0.3, -0.25) is 18.4 Å². The van der Waals surface area contributed by atoms with Crippen LogP contribution in [0.5, 0.6) is 0 Å². The third-order valence-corrected chi connectivity index (χ3v) is 15.0. The van der Waals surface area contributed by atoms with Gasteiger partial charge in [0.25, 0.3) is 0 Å². The number of carbonyl (C=O) groups excluding carboxylic acids is 1. The van der Waals surface area contributed by atoms with Crippen LogP contribution in [0.2, 0.25) is 0 Å². The van der Waals surface area contributed by atoms with Crippen molar-refractivity contribution in [1.29, 1.82) is 5.26 Å². The van der Waals surface area contributed by atoms with Crippen molar-refractivity contribution in [3.05, 3.63) is 118 Å². The highest BCUT2D eigenvalue weighted by Gasteiger charge is 2.78. The van der Waals surface area contributed by atoms with Gasteiger partial charge in [-0.2, -0.15) is 5.26 Å². The first-order chi connectivity index (χ1) is 26.8. The Morgan fingerprint density at radius 3 is 2.27 bits per heavy atom. The summed E-state index contributed by atoms with van der Waals surface area (Å²) < 4.78 is 51.6. The number of benzene rings is 3. The van der Waals surface area contributed by atoms with Gasteiger partial charge in [0.1, 0.15) is 11.2 Å². The molecule has 2 bridgehead atoms. The van der Waals surface area contributed by atoms with Crippen LogP contribution in [-0.2, 0) is 62.2 Å². The van der Waals surface area contributed by atoms with Crippen molar-refractivity contribution in [2.24, 2.45) is 11.3 Å². The number of phosphoric acid groups is 1. The smallest absolute Gasteiger partial charge is 0.382 e. The third-order valence-electron chi connectivity index (χ3n) is 13.6. The van der Waals surface area contributed by atoms with Gasteiger partial charge in [0.15, 0.2) is 17.7 Å². The van der Waals surface area contributed by atoms with Crippen LogP contribution in [0.15, 0.2) is 90.5 Å². The molecule has 1 unspecified atom stereocenters. The maximum atomic E-state index is 14.1. The van der Waals surface area contributed by atoms with Crippen LogP contribution in [0.3, 0.4) is 0 Å². The lowest BCUT2D eigenvalue weighted by Crippen LogP contribution is -2.74. The molecule has 2 aliphatic heterocycles. The molecule has 4 aromatic rings. The van der Waals surface area contributed by atoms with Crippen LogP contribution < -0.4 is 0 Å². The van der Waals surface area contributed by atoms with E-state index in [4.69, 9.17) is 27.8 Å². The summed E-state index contributed by atoms with van der Waals surface area (Å²) in [5.41, 5.74) is 1.59. The molecule has 0 amide bonds. The molecule has 3 heterocycles. The lowest BCUT2D eigenvalue weighted by Gasteiger charge is -2.67. The minimum absolute atomic E-state index is 0.0149. The quantitative estimate of drug-likeness (QED) is 0.114. The molecule has 7 atom stereocenters. The number of nitrogens with one attached hydrogen (secondary N) is 1. The summed E-state index contributed by atoms with van der Waals surface area (Å²) in [5.74, 6) is -1.51. The summed E-state index contributed by atoms with van der Waals surface area (Å²) >= 11 is 0. The van der Waals surface area contributed by atoms with Crippen LogP contribution in [0.25, 0.3) is 10.9 Å². The van der Waals surface area contributed by atoms with Crippen LogP contribution >= 0.6 is 7.82 Å². The molecule has 12 heteroatoms. The number of carbonyl (C=O) groups is 1. The Hall–Kier alpha value is -3.95. The third kappa shape index (κ3) is 5.57. The molecular weight excluding hydrogens is 731 g/mol. The Morgan fingerprint density at radius 2 is 1.61 bits per heavy atom. The lowest BCUT2D eigenvalue weighted by molar-refractivity contribution is -0.281. The van der Waals surface area contributed by atoms with E-state index in [-0.39, 0.29) is 38.1 Å². The second-order valence-electron chi connectivity index (χ2n) is 16.9. The zero-order chi connectivity index (χ0) is 39.1. The second-order valence-corrected chi connectivity index (χ2v) is 18.5. The Morgan fingerprint density at radius 1 is 0.929 bits per heavy atom. The standard InChI is InChI=1S/C44H47N2O9P/c1-40(2)39-35(47)24-36-43(54-39,55-40)18-17-41(3)42(4)31(22-33-32-21-30(25-45)15-16-34(32)46-38(33)42)23-37(44(36,41)48)50-19-20-51-56(49,52-26-28-11-7-5-8-12-28)53-27-29-13-9-6-10-14-29/h5-16,21,24,31,37,39,46,48H,17-20,22-23,26-27H2,1-4H3/t31-,37+,39+,41?,42-,43+,44+/m1/s1. The summed E-state index contributed by atoms with van der Waals surface area (Å²) in [6, 6.07) is 26.7. The van der Waals surface area contributed by atoms with Gasteiger partial charge < -0.3 is 24.3 Å². The SMILES string of the molecule is CC1(C)O[C@@]23CCC4(C)[C@@]5(C)c6[nH]c7ccc(C#N)cc7c6C[C@@H]5C[C@H](OCCOP(=O)(OCc5ccccc5)OCc5ccccc5)[C@@]4(O)C2=CC(=O)[C@@H]1O3. The van der Waals surface area contributed by atoms with E-state index in [9.17, 15) is 19.7 Å². The molecule has 292 valence electrons. The zero-order valence-electron chi connectivity index (χ0n) is 32.1. The molecule has 1 saturated heterocycles. The highest BCUT2D eigenvalue weighted by molar-refractivity contribution is 7.48.